The van der Waals surface area contributed by atoms with Crippen LogP contribution >= 0.6 is 23.5 Å². The predicted octanol–water partition coefficient (Wildman–Crippen LogP) is 2.45. The maximum Gasteiger partial charge on any atom is 0.304 e. The SMILES string of the molecule is CCC(CCCSCCC(=O)O)SCCN. The lowest BCUT2D eigenvalue weighted by Crippen LogP contribution is -2.08. The van der Waals surface area contributed by atoms with Crippen molar-refractivity contribution in [3.8, 4) is 0 Å². The lowest BCUT2D eigenvalue weighted by molar-refractivity contribution is -0.136. The van der Waals surface area contributed by atoms with Crippen molar-refractivity contribution < 1.29 is 9.90 Å². The van der Waals surface area contributed by atoms with E-state index in [0.717, 1.165) is 29.1 Å². The second kappa shape index (κ2) is 11.6. The maximum atomic E-state index is 10.3. The van der Waals surface area contributed by atoms with Crippen LogP contribution in [0.25, 0.3) is 0 Å². The Morgan fingerprint density at radius 2 is 2.12 bits per heavy atom. The van der Waals surface area contributed by atoms with Gasteiger partial charge in [-0.2, -0.15) is 23.5 Å². The minimum absolute atomic E-state index is 0.282. The lowest BCUT2D eigenvalue weighted by atomic mass is 10.2. The molecule has 16 heavy (non-hydrogen) atoms. The fourth-order valence-corrected chi connectivity index (χ4v) is 3.25. The third-order valence-electron chi connectivity index (χ3n) is 2.20. The van der Waals surface area contributed by atoms with Gasteiger partial charge in [-0.1, -0.05) is 6.92 Å². The molecule has 3 nitrogen and oxygen atoms in total. The molecule has 1 atom stereocenters. The van der Waals surface area contributed by atoms with Gasteiger partial charge < -0.3 is 10.8 Å². The van der Waals surface area contributed by atoms with Crippen molar-refractivity contribution in [1.82, 2.24) is 0 Å². The fraction of sp³-hybridized carbons (Fsp3) is 0.909. The quantitative estimate of drug-likeness (QED) is 0.562. The Bertz CT molecular complexity index is 179. The fourth-order valence-electron chi connectivity index (χ4n) is 1.31. The number of carboxylic acid groups (broad SMARTS) is 1. The molecule has 0 fully saturated rings. The number of aliphatic carboxylic acids is 1. The predicted molar refractivity (Wildman–Crippen MR) is 74.4 cm³/mol. The molecule has 0 aromatic carbocycles. The molecule has 0 aromatic heterocycles. The molecular weight excluding hydrogens is 242 g/mol. The van der Waals surface area contributed by atoms with E-state index in [2.05, 4.69) is 6.92 Å². The zero-order valence-corrected chi connectivity index (χ0v) is 11.6. The van der Waals surface area contributed by atoms with Crippen molar-refractivity contribution in [3.05, 3.63) is 0 Å². The number of thioether (sulfide) groups is 2. The molecule has 0 heterocycles. The monoisotopic (exact) mass is 265 g/mol. The first-order chi connectivity index (χ1) is 7.70. The Hall–Kier alpha value is 0.130. The molecule has 0 aliphatic carbocycles. The molecule has 5 heteroatoms. The molecule has 1 unspecified atom stereocenters. The van der Waals surface area contributed by atoms with E-state index in [1.807, 2.05) is 11.8 Å². The number of carbonyl (C=O) groups is 1. The number of rotatable bonds is 11. The summed E-state index contributed by atoms with van der Waals surface area (Å²) in [6.45, 7) is 2.97. The van der Waals surface area contributed by atoms with E-state index >= 15 is 0 Å². The second-order valence-corrected chi connectivity index (χ2v) is 6.22. The summed E-state index contributed by atoms with van der Waals surface area (Å²) < 4.78 is 0. The molecule has 0 rings (SSSR count). The van der Waals surface area contributed by atoms with E-state index in [0.29, 0.717) is 0 Å². The summed E-state index contributed by atoms with van der Waals surface area (Å²) in [5.41, 5.74) is 5.47. The van der Waals surface area contributed by atoms with Gasteiger partial charge in [0, 0.05) is 23.3 Å². The standard InChI is InChI=1S/C11H23NO2S2/c1-2-10(16-9-6-12)4-3-7-15-8-5-11(13)14/h10H,2-9,12H2,1H3,(H,13,14). The van der Waals surface area contributed by atoms with Gasteiger partial charge in [-0.3, -0.25) is 4.79 Å². The van der Waals surface area contributed by atoms with Crippen molar-refractivity contribution in [1.29, 1.82) is 0 Å². The summed E-state index contributed by atoms with van der Waals surface area (Å²) in [7, 11) is 0. The van der Waals surface area contributed by atoms with E-state index < -0.39 is 5.97 Å². The van der Waals surface area contributed by atoms with Crippen LogP contribution in [-0.2, 0) is 4.79 Å². The molecule has 0 bridgehead atoms. The normalized spacial score (nSPS) is 12.6. The summed E-state index contributed by atoms with van der Waals surface area (Å²) in [6, 6.07) is 0. The van der Waals surface area contributed by atoms with E-state index in [1.165, 1.54) is 19.3 Å². The molecule has 0 saturated carbocycles. The topological polar surface area (TPSA) is 63.3 Å². The van der Waals surface area contributed by atoms with Gasteiger partial charge in [0.15, 0.2) is 0 Å². The van der Waals surface area contributed by atoms with Gasteiger partial charge in [-0.25, -0.2) is 0 Å². The summed E-state index contributed by atoms with van der Waals surface area (Å²) in [5, 5.41) is 9.19. The van der Waals surface area contributed by atoms with Crippen LogP contribution in [0.1, 0.15) is 32.6 Å². The highest BCUT2D eigenvalue weighted by Gasteiger charge is 2.05. The van der Waals surface area contributed by atoms with E-state index in [4.69, 9.17) is 10.8 Å². The number of hydrogen-bond donors (Lipinski definition) is 2. The summed E-state index contributed by atoms with van der Waals surface area (Å²) in [5.74, 6) is 2.16. The summed E-state index contributed by atoms with van der Waals surface area (Å²) in [4.78, 5) is 10.3. The van der Waals surface area contributed by atoms with E-state index in [9.17, 15) is 4.79 Å². The number of hydrogen-bond acceptors (Lipinski definition) is 4. The van der Waals surface area contributed by atoms with Crippen LogP contribution in [0.5, 0.6) is 0 Å². The Kier molecular flexibility index (Phi) is 11.7. The molecule has 0 spiro atoms. The molecule has 0 saturated heterocycles. The second-order valence-electron chi connectivity index (χ2n) is 3.59. The van der Waals surface area contributed by atoms with Crippen LogP contribution in [0.4, 0.5) is 0 Å². The molecule has 0 aliphatic rings. The van der Waals surface area contributed by atoms with Gasteiger partial charge in [0.25, 0.3) is 0 Å². The molecule has 0 aromatic rings. The van der Waals surface area contributed by atoms with Crippen molar-refractivity contribution in [2.45, 2.75) is 37.9 Å². The van der Waals surface area contributed by atoms with Crippen molar-refractivity contribution in [3.63, 3.8) is 0 Å². The van der Waals surface area contributed by atoms with Crippen LogP contribution in [0, 0.1) is 0 Å². The van der Waals surface area contributed by atoms with Gasteiger partial charge in [0.05, 0.1) is 6.42 Å². The molecule has 0 amide bonds. The first-order valence-electron chi connectivity index (χ1n) is 5.81. The Labute approximate surface area is 107 Å². The largest absolute Gasteiger partial charge is 0.481 e. The minimum atomic E-state index is -0.697. The smallest absolute Gasteiger partial charge is 0.304 e. The Morgan fingerprint density at radius 1 is 1.38 bits per heavy atom. The van der Waals surface area contributed by atoms with Gasteiger partial charge in [-0.15, -0.1) is 0 Å². The summed E-state index contributed by atoms with van der Waals surface area (Å²) >= 11 is 3.70. The number of nitrogens with two attached hydrogens (primary N) is 1. The average molecular weight is 265 g/mol. The summed E-state index contributed by atoms with van der Waals surface area (Å²) in [6.07, 6.45) is 3.88. The molecule has 0 aliphatic heterocycles. The third kappa shape index (κ3) is 10.6. The first kappa shape index (κ1) is 16.1. The molecule has 0 radical (unpaired) electrons. The Morgan fingerprint density at radius 3 is 2.69 bits per heavy atom. The zero-order chi connectivity index (χ0) is 12.2. The van der Waals surface area contributed by atoms with Crippen LogP contribution in [0.2, 0.25) is 0 Å². The van der Waals surface area contributed by atoms with Gasteiger partial charge >= 0.3 is 5.97 Å². The van der Waals surface area contributed by atoms with Gasteiger partial charge in [0.1, 0.15) is 0 Å². The zero-order valence-electron chi connectivity index (χ0n) is 9.98. The van der Waals surface area contributed by atoms with Crippen molar-refractivity contribution >= 4 is 29.5 Å². The van der Waals surface area contributed by atoms with Crippen LogP contribution < -0.4 is 5.73 Å². The highest BCUT2D eigenvalue weighted by molar-refractivity contribution is 8.00. The minimum Gasteiger partial charge on any atom is -0.481 e. The highest BCUT2D eigenvalue weighted by atomic mass is 32.2. The van der Waals surface area contributed by atoms with Gasteiger partial charge in [0.2, 0.25) is 0 Å². The average Bonchev–Trinajstić information content (AvgIpc) is 2.26. The van der Waals surface area contributed by atoms with Crippen LogP contribution in [0.3, 0.4) is 0 Å². The van der Waals surface area contributed by atoms with E-state index in [1.54, 1.807) is 11.8 Å². The van der Waals surface area contributed by atoms with Crippen molar-refractivity contribution in [2.75, 3.05) is 23.8 Å². The molecular formula is C11H23NO2S2. The molecule has 3 N–H and O–H groups in total. The number of carboxylic acids is 1. The Balaban J connectivity index is 3.30. The molecule has 96 valence electrons. The lowest BCUT2D eigenvalue weighted by Gasteiger charge is -2.13. The van der Waals surface area contributed by atoms with E-state index in [-0.39, 0.29) is 6.42 Å². The first-order valence-corrected chi connectivity index (χ1v) is 8.02. The van der Waals surface area contributed by atoms with Crippen molar-refractivity contribution in [2.24, 2.45) is 5.73 Å². The van der Waals surface area contributed by atoms with Crippen LogP contribution in [0.15, 0.2) is 0 Å². The highest BCUT2D eigenvalue weighted by Crippen LogP contribution is 2.20. The third-order valence-corrected chi connectivity index (χ3v) is 4.78. The van der Waals surface area contributed by atoms with Gasteiger partial charge in [-0.05, 0) is 25.0 Å². The maximum absolute atomic E-state index is 10.3. The van der Waals surface area contributed by atoms with Crippen LogP contribution in [-0.4, -0.2) is 40.1 Å².